The van der Waals surface area contributed by atoms with Crippen molar-refractivity contribution in [2.75, 3.05) is 5.32 Å². The SMILES string of the molecule is CC(C)Nc1cc(C(N)=S)cc(C(F)(F)F)c1. The monoisotopic (exact) mass is 262 g/mol. The van der Waals surface area contributed by atoms with Crippen LogP contribution in [-0.4, -0.2) is 11.0 Å². The van der Waals surface area contributed by atoms with Gasteiger partial charge in [-0.15, -0.1) is 0 Å². The van der Waals surface area contributed by atoms with Gasteiger partial charge in [0.2, 0.25) is 0 Å². The lowest BCUT2D eigenvalue weighted by molar-refractivity contribution is -0.137. The van der Waals surface area contributed by atoms with E-state index in [1.165, 1.54) is 6.07 Å². The van der Waals surface area contributed by atoms with Crippen LogP contribution in [0.2, 0.25) is 0 Å². The summed E-state index contributed by atoms with van der Waals surface area (Å²) in [6.07, 6.45) is -4.41. The van der Waals surface area contributed by atoms with Crippen molar-refractivity contribution in [1.29, 1.82) is 0 Å². The highest BCUT2D eigenvalue weighted by Gasteiger charge is 2.31. The second-order valence-corrected chi connectivity index (χ2v) is 4.40. The number of benzene rings is 1. The van der Waals surface area contributed by atoms with E-state index in [-0.39, 0.29) is 16.6 Å². The molecule has 0 aliphatic heterocycles. The number of nitrogens with one attached hydrogen (secondary N) is 1. The number of halogens is 3. The molecule has 2 nitrogen and oxygen atoms in total. The Morgan fingerprint density at radius 2 is 1.88 bits per heavy atom. The van der Waals surface area contributed by atoms with Gasteiger partial charge in [0.15, 0.2) is 0 Å². The largest absolute Gasteiger partial charge is 0.416 e. The molecule has 1 rings (SSSR count). The van der Waals surface area contributed by atoms with Crippen LogP contribution in [0.1, 0.15) is 25.0 Å². The van der Waals surface area contributed by atoms with E-state index in [4.69, 9.17) is 18.0 Å². The molecule has 1 aromatic carbocycles. The molecule has 0 aliphatic carbocycles. The molecule has 17 heavy (non-hydrogen) atoms. The number of hydrogen-bond acceptors (Lipinski definition) is 2. The highest BCUT2D eigenvalue weighted by atomic mass is 32.1. The molecular weight excluding hydrogens is 249 g/mol. The molecule has 0 aromatic heterocycles. The summed E-state index contributed by atoms with van der Waals surface area (Å²) in [4.78, 5) is -0.0529. The Morgan fingerprint density at radius 1 is 1.29 bits per heavy atom. The van der Waals surface area contributed by atoms with Crippen molar-refractivity contribution < 1.29 is 13.2 Å². The highest BCUT2D eigenvalue weighted by molar-refractivity contribution is 7.80. The molecule has 0 bridgehead atoms. The third-order valence-electron chi connectivity index (χ3n) is 2.00. The van der Waals surface area contributed by atoms with Gasteiger partial charge >= 0.3 is 6.18 Å². The van der Waals surface area contributed by atoms with Crippen LogP contribution in [0.25, 0.3) is 0 Å². The molecule has 0 saturated carbocycles. The maximum atomic E-state index is 12.6. The molecule has 0 saturated heterocycles. The summed E-state index contributed by atoms with van der Waals surface area (Å²) in [5.41, 5.74) is 5.17. The zero-order valence-electron chi connectivity index (χ0n) is 9.43. The molecule has 6 heteroatoms. The molecule has 0 heterocycles. The van der Waals surface area contributed by atoms with Crippen LogP contribution in [0.4, 0.5) is 18.9 Å². The summed E-state index contributed by atoms with van der Waals surface area (Å²) in [6, 6.07) is 3.53. The lowest BCUT2D eigenvalue weighted by atomic mass is 10.1. The molecule has 0 amide bonds. The number of anilines is 1. The van der Waals surface area contributed by atoms with Gasteiger partial charge in [0.1, 0.15) is 4.99 Å². The van der Waals surface area contributed by atoms with Gasteiger partial charge in [-0.1, -0.05) is 12.2 Å². The normalized spacial score (nSPS) is 11.6. The third kappa shape index (κ3) is 3.89. The van der Waals surface area contributed by atoms with Gasteiger partial charge in [-0.05, 0) is 32.0 Å². The Bertz CT molecular complexity index is 427. The predicted octanol–water partition coefficient (Wildman–Crippen LogP) is 3.16. The van der Waals surface area contributed by atoms with Crippen molar-refractivity contribution in [2.24, 2.45) is 5.73 Å². The molecule has 0 radical (unpaired) electrons. The zero-order chi connectivity index (χ0) is 13.2. The van der Waals surface area contributed by atoms with Crippen LogP contribution in [0, 0.1) is 0 Å². The van der Waals surface area contributed by atoms with Gasteiger partial charge in [0, 0.05) is 17.3 Å². The summed E-state index contributed by atoms with van der Waals surface area (Å²) < 4.78 is 37.9. The Hall–Kier alpha value is -1.30. The predicted molar refractivity (Wildman–Crippen MR) is 66.1 cm³/mol. The zero-order valence-corrected chi connectivity index (χ0v) is 10.2. The molecule has 0 fully saturated rings. The number of alkyl halides is 3. The van der Waals surface area contributed by atoms with E-state index >= 15 is 0 Å². The lowest BCUT2D eigenvalue weighted by Gasteiger charge is -2.15. The molecule has 0 atom stereocenters. The van der Waals surface area contributed by atoms with E-state index in [0.29, 0.717) is 5.69 Å². The van der Waals surface area contributed by atoms with Gasteiger partial charge in [0.25, 0.3) is 0 Å². The first kappa shape index (κ1) is 13.8. The van der Waals surface area contributed by atoms with Crippen LogP contribution in [-0.2, 0) is 6.18 Å². The van der Waals surface area contributed by atoms with Crippen LogP contribution in [0.15, 0.2) is 18.2 Å². The van der Waals surface area contributed by atoms with Gasteiger partial charge in [-0.2, -0.15) is 13.2 Å². The van der Waals surface area contributed by atoms with E-state index in [2.05, 4.69) is 5.32 Å². The first-order chi connectivity index (χ1) is 7.70. The Morgan fingerprint density at radius 3 is 2.29 bits per heavy atom. The van der Waals surface area contributed by atoms with Crippen molar-refractivity contribution in [3.8, 4) is 0 Å². The summed E-state index contributed by atoms with van der Waals surface area (Å²) in [5, 5.41) is 2.90. The summed E-state index contributed by atoms with van der Waals surface area (Å²) in [7, 11) is 0. The summed E-state index contributed by atoms with van der Waals surface area (Å²) in [5.74, 6) is 0. The van der Waals surface area contributed by atoms with Crippen LogP contribution in [0.3, 0.4) is 0 Å². The molecular formula is C11H13F3N2S. The van der Waals surface area contributed by atoms with Crippen LogP contribution in [0.5, 0.6) is 0 Å². The second kappa shape index (κ2) is 4.91. The molecule has 94 valence electrons. The Labute approximate surface area is 103 Å². The van der Waals surface area contributed by atoms with Gasteiger partial charge in [-0.3, -0.25) is 0 Å². The number of nitrogens with two attached hydrogens (primary N) is 1. The number of hydrogen-bond donors (Lipinski definition) is 2. The van der Waals surface area contributed by atoms with Gasteiger partial charge in [0.05, 0.1) is 5.56 Å². The third-order valence-corrected chi connectivity index (χ3v) is 2.24. The Kier molecular flexibility index (Phi) is 3.98. The van der Waals surface area contributed by atoms with Crippen molar-refractivity contribution >= 4 is 22.9 Å². The van der Waals surface area contributed by atoms with Crippen LogP contribution < -0.4 is 11.1 Å². The van der Waals surface area contributed by atoms with Gasteiger partial charge in [-0.25, -0.2) is 0 Å². The van der Waals surface area contributed by atoms with E-state index in [1.807, 2.05) is 13.8 Å². The first-order valence-corrected chi connectivity index (χ1v) is 5.39. The van der Waals surface area contributed by atoms with Gasteiger partial charge < -0.3 is 11.1 Å². The van der Waals surface area contributed by atoms with E-state index in [0.717, 1.165) is 12.1 Å². The minimum Gasteiger partial charge on any atom is -0.389 e. The van der Waals surface area contributed by atoms with E-state index in [9.17, 15) is 13.2 Å². The fourth-order valence-corrected chi connectivity index (χ4v) is 1.47. The second-order valence-electron chi connectivity index (χ2n) is 3.96. The average molecular weight is 262 g/mol. The molecule has 0 aliphatic rings. The lowest BCUT2D eigenvalue weighted by Crippen LogP contribution is -2.16. The Balaban J connectivity index is 3.24. The summed E-state index contributed by atoms with van der Waals surface area (Å²) >= 11 is 4.70. The smallest absolute Gasteiger partial charge is 0.389 e. The molecule has 0 spiro atoms. The highest BCUT2D eigenvalue weighted by Crippen LogP contribution is 2.32. The quantitative estimate of drug-likeness (QED) is 0.822. The average Bonchev–Trinajstić information content (AvgIpc) is 2.14. The molecule has 0 unspecified atom stereocenters. The standard InChI is InChI=1S/C11H13F3N2S/c1-6(2)16-9-4-7(10(15)17)3-8(5-9)11(12,13)14/h3-6,16H,1-2H3,(H2,15,17). The first-order valence-electron chi connectivity index (χ1n) is 4.99. The maximum Gasteiger partial charge on any atom is 0.416 e. The van der Waals surface area contributed by atoms with Crippen molar-refractivity contribution in [2.45, 2.75) is 26.1 Å². The molecule has 1 aromatic rings. The van der Waals surface area contributed by atoms with Crippen LogP contribution >= 0.6 is 12.2 Å². The number of thiocarbonyl (C=S) groups is 1. The minimum atomic E-state index is -4.41. The van der Waals surface area contributed by atoms with E-state index < -0.39 is 11.7 Å². The minimum absolute atomic E-state index is 0.0256. The molecule has 3 N–H and O–H groups in total. The fourth-order valence-electron chi connectivity index (χ4n) is 1.35. The topological polar surface area (TPSA) is 38.0 Å². The van der Waals surface area contributed by atoms with Crippen molar-refractivity contribution in [3.05, 3.63) is 29.3 Å². The van der Waals surface area contributed by atoms with Crippen molar-refractivity contribution in [3.63, 3.8) is 0 Å². The maximum absolute atomic E-state index is 12.6. The van der Waals surface area contributed by atoms with Crippen molar-refractivity contribution in [1.82, 2.24) is 0 Å². The summed E-state index contributed by atoms with van der Waals surface area (Å²) in [6.45, 7) is 3.67. The van der Waals surface area contributed by atoms with E-state index in [1.54, 1.807) is 0 Å². The fraction of sp³-hybridized carbons (Fsp3) is 0.364. The number of rotatable bonds is 3.